The lowest BCUT2D eigenvalue weighted by Gasteiger charge is -2.12. The molecule has 1 atom stereocenters. The molecule has 3 heterocycles. The minimum Gasteiger partial charge on any atom is -0.444 e. The van der Waals surface area contributed by atoms with Gasteiger partial charge < -0.3 is 9.73 Å². The highest BCUT2D eigenvalue weighted by Gasteiger charge is 2.20. The van der Waals surface area contributed by atoms with Crippen LogP contribution in [0.15, 0.2) is 45.5 Å². The second kappa shape index (κ2) is 8.22. The van der Waals surface area contributed by atoms with E-state index < -0.39 is 0 Å². The van der Waals surface area contributed by atoms with Gasteiger partial charge in [-0.3, -0.25) is 9.78 Å². The van der Waals surface area contributed by atoms with Crippen LogP contribution in [0.1, 0.15) is 50.8 Å². The van der Waals surface area contributed by atoms with Crippen LogP contribution in [0.2, 0.25) is 0 Å². The SMILES string of the molecule is CC(C(=O)Nc1ncc(SCc2ncc(C(C)(C)C)o2)s1)c1cccnc1. The van der Waals surface area contributed by atoms with Crippen molar-refractivity contribution in [3.8, 4) is 0 Å². The molecule has 3 aromatic heterocycles. The summed E-state index contributed by atoms with van der Waals surface area (Å²) in [6.45, 7) is 8.13. The molecular weight excluding hydrogens is 380 g/mol. The first kappa shape index (κ1) is 19.6. The van der Waals surface area contributed by atoms with Gasteiger partial charge >= 0.3 is 0 Å². The highest BCUT2D eigenvalue weighted by molar-refractivity contribution is 8.00. The number of hydrogen-bond acceptors (Lipinski definition) is 7. The van der Waals surface area contributed by atoms with Crippen LogP contribution < -0.4 is 5.32 Å². The van der Waals surface area contributed by atoms with Gasteiger partial charge in [0.15, 0.2) is 5.13 Å². The summed E-state index contributed by atoms with van der Waals surface area (Å²) in [6.07, 6.45) is 6.94. The normalized spacial score (nSPS) is 12.7. The van der Waals surface area contributed by atoms with Gasteiger partial charge in [0, 0.05) is 17.8 Å². The lowest BCUT2D eigenvalue weighted by molar-refractivity contribution is -0.117. The van der Waals surface area contributed by atoms with Gasteiger partial charge in [0.2, 0.25) is 11.8 Å². The summed E-state index contributed by atoms with van der Waals surface area (Å²) >= 11 is 3.03. The van der Waals surface area contributed by atoms with Crippen LogP contribution in [0.3, 0.4) is 0 Å². The van der Waals surface area contributed by atoms with E-state index in [1.165, 1.54) is 11.3 Å². The molecule has 0 aliphatic rings. The summed E-state index contributed by atoms with van der Waals surface area (Å²) in [5.41, 5.74) is 0.822. The van der Waals surface area contributed by atoms with Crippen molar-refractivity contribution in [1.82, 2.24) is 15.0 Å². The quantitative estimate of drug-likeness (QED) is 0.593. The maximum atomic E-state index is 12.4. The molecule has 0 aromatic carbocycles. The largest absolute Gasteiger partial charge is 0.444 e. The molecule has 142 valence electrons. The first-order valence-electron chi connectivity index (χ1n) is 8.57. The van der Waals surface area contributed by atoms with Crippen LogP contribution in [0, 0.1) is 0 Å². The van der Waals surface area contributed by atoms with E-state index >= 15 is 0 Å². The Kier molecular flexibility index (Phi) is 5.96. The van der Waals surface area contributed by atoms with E-state index in [2.05, 4.69) is 41.0 Å². The van der Waals surface area contributed by atoms with Gasteiger partial charge in [-0.25, -0.2) is 9.97 Å². The second-order valence-corrected chi connectivity index (χ2v) is 9.44. The fourth-order valence-corrected chi connectivity index (χ4v) is 3.97. The molecule has 3 rings (SSSR count). The van der Waals surface area contributed by atoms with Crippen molar-refractivity contribution >= 4 is 34.1 Å². The highest BCUT2D eigenvalue weighted by Crippen LogP contribution is 2.32. The van der Waals surface area contributed by atoms with Crippen molar-refractivity contribution < 1.29 is 9.21 Å². The molecule has 1 amide bonds. The summed E-state index contributed by atoms with van der Waals surface area (Å²) < 4.78 is 6.79. The van der Waals surface area contributed by atoms with Gasteiger partial charge in [0.1, 0.15) is 5.76 Å². The number of nitrogens with zero attached hydrogens (tertiary/aromatic N) is 3. The molecule has 3 aromatic rings. The Morgan fingerprint density at radius 2 is 2.11 bits per heavy atom. The summed E-state index contributed by atoms with van der Waals surface area (Å²) in [6, 6.07) is 3.72. The Bertz CT molecular complexity index is 900. The third-order valence-corrected chi connectivity index (χ3v) is 6.02. The van der Waals surface area contributed by atoms with Crippen molar-refractivity contribution in [3.05, 3.63) is 54.1 Å². The Morgan fingerprint density at radius 3 is 2.78 bits per heavy atom. The minimum absolute atomic E-state index is 0.0528. The third kappa shape index (κ3) is 5.17. The number of aromatic nitrogens is 3. The zero-order valence-corrected chi connectivity index (χ0v) is 17.4. The summed E-state index contributed by atoms with van der Waals surface area (Å²) in [5, 5.41) is 3.46. The van der Waals surface area contributed by atoms with Crippen LogP contribution in [-0.4, -0.2) is 20.9 Å². The molecule has 1 unspecified atom stereocenters. The fourth-order valence-electron chi connectivity index (χ4n) is 2.24. The Labute approximate surface area is 166 Å². The van der Waals surface area contributed by atoms with Crippen molar-refractivity contribution in [2.75, 3.05) is 5.32 Å². The van der Waals surface area contributed by atoms with Crippen molar-refractivity contribution in [2.45, 2.75) is 49.0 Å². The van der Waals surface area contributed by atoms with E-state index in [-0.39, 0.29) is 17.2 Å². The summed E-state index contributed by atoms with van der Waals surface area (Å²) in [7, 11) is 0. The molecular formula is C19H22N4O2S2. The first-order chi connectivity index (χ1) is 12.8. The number of hydrogen-bond donors (Lipinski definition) is 1. The minimum atomic E-state index is -0.290. The zero-order chi connectivity index (χ0) is 19.4. The molecule has 0 bridgehead atoms. The van der Waals surface area contributed by atoms with E-state index in [9.17, 15) is 4.79 Å². The maximum Gasteiger partial charge on any atom is 0.233 e. The van der Waals surface area contributed by atoms with Gasteiger partial charge in [0.05, 0.1) is 28.3 Å². The average Bonchev–Trinajstić information content (AvgIpc) is 3.29. The molecule has 0 spiro atoms. The molecule has 0 saturated heterocycles. The molecule has 0 fully saturated rings. The van der Waals surface area contributed by atoms with Gasteiger partial charge in [0.25, 0.3) is 0 Å². The van der Waals surface area contributed by atoms with Crippen LogP contribution in [0.25, 0.3) is 0 Å². The number of thioether (sulfide) groups is 1. The maximum absolute atomic E-state index is 12.4. The van der Waals surface area contributed by atoms with Gasteiger partial charge in [-0.15, -0.1) is 11.8 Å². The predicted molar refractivity (Wildman–Crippen MR) is 108 cm³/mol. The topological polar surface area (TPSA) is 80.9 Å². The van der Waals surface area contributed by atoms with Crippen molar-refractivity contribution in [1.29, 1.82) is 0 Å². The van der Waals surface area contributed by atoms with Crippen molar-refractivity contribution in [2.24, 2.45) is 0 Å². The van der Waals surface area contributed by atoms with Crippen LogP contribution in [0.4, 0.5) is 5.13 Å². The Balaban J connectivity index is 1.55. The fraction of sp³-hybridized carbons (Fsp3) is 0.368. The predicted octanol–water partition coefficient (Wildman–Crippen LogP) is 4.86. The standard InChI is InChI=1S/C19H22N4O2S2/c1-12(13-6-5-7-20-8-13)17(24)23-18-22-10-16(27-18)26-11-15-21-9-14(25-15)19(2,3)4/h5-10,12H,11H2,1-4H3,(H,22,23,24). The van der Waals surface area contributed by atoms with Gasteiger partial charge in [-0.2, -0.15) is 0 Å². The molecule has 8 heteroatoms. The van der Waals surface area contributed by atoms with E-state index in [0.29, 0.717) is 16.8 Å². The summed E-state index contributed by atoms with van der Waals surface area (Å²) in [4.78, 5) is 25.1. The molecule has 6 nitrogen and oxygen atoms in total. The molecule has 1 N–H and O–H groups in total. The second-order valence-electron chi connectivity index (χ2n) is 7.14. The van der Waals surface area contributed by atoms with Gasteiger partial charge in [-0.1, -0.05) is 38.2 Å². The summed E-state index contributed by atoms with van der Waals surface area (Å²) in [5.74, 6) is 1.80. The smallest absolute Gasteiger partial charge is 0.233 e. The van der Waals surface area contributed by atoms with E-state index in [1.54, 1.807) is 36.5 Å². The molecule has 0 aliphatic carbocycles. The molecule has 27 heavy (non-hydrogen) atoms. The Hall–Kier alpha value is -2.19. The van der Waals surface area contributed by atoms with E-state index in [1.807, 2.05) is 19.1 Å². The number of carbonyl (C=O) groups is 1. The number of oxazole rings is 1. The number of rotatable bonds is 6. The highest BCUT2D eigenvalue weighted by atomic mass is 32.2. The number of pyridine rings is 1. The molecule has 0 saturated carbocycles. The third-order valence-electron chi connectivity index (χ3n) is 3.92. The van der Waals surface area contributed by atoms with Crippen LogP contribution >= 0.6 is 23.1 Å². The first-order valence-corrected chi connectivity index (χ1v) is 10.4. The van der Waals surface area contributed by atoms with Crippen LogP contribution in [0.5, 0.6) is 0 Å². The lowest BCUT2D eigenvalue weighted by Crippen LogP contribution is -2.18. The average molecular weight is 403 g/mol. The van der Waals surface area contributed by atoms with Gasteiger partial charge in [-0.05, 0) is 18.6 Å². The zero-order valence-electron chi connectivity index (χ0n) is 15.7. The lowest BCUT2D eigenvalue weighted by atomic mass is 9.94. The van der Waals surface area contributed by atoms with Crippen LogP contribution in [-0.2, 0) is 16.0 Å². The number of thiazole rings is 1. The van der Waals surface area contributed by atoms with E-state index in [4.69, 9.17) is 4.42 Å². The number of amides is 1. The molecule has 0 aliphatic heterocycles. The molecule has 0 radical (unpaired) electrons. The number of anilines is 1. The number of carbonyl (C=O) groups excluding carboxylic acids is 1. The number of nitrogens with one attached hydrogen (secondary N) is 1. The van der Waals surface area contributed by atoms with E-state index in [0.717, 1.165) is 15.5 Å². The van der Waals surface area contributed by atoms with Crippen molar-refractivity contribution in [3.63, 3.8) is 0 Å². The Morgan fingerprint density at radius 1 is 1.30 bits per heavy atom. The monoisotopic (exact) mass is 402 g/mol.